The van der Waals surface area contributed by atoms with Crippen molar-refractivity contribution < 1.29 is 19.3 Å². The second-order valence-corrected chi connectivity index (χ2v) is 8.11. The van der Waals surface area contributed by atoms with E-state index in [0.717, 1.165) is 56.0 Å². The van der Waals surface area contributed by atoms with Crippen LogP contribution in [0.15, 0.2) is 36.4 Å². The molecule has 0 saturated carbocycles. The molecule has 1 saturated heterocycles. The zero-order valence-electron chi connectivity index (χ0n) is 16.7. The number of benzene rings is 2. The smallest absolute Gasteiger partial charge is 0.231 e. The minimum Gasteiger partial charge on any atom is -0.493 e. The van der Waals surface area contributed by atoms with Crippen LogP contribution in [0.25, 0.3) is 0 Å². The third-order valence-corrected chi connectivity index (χ3v) is 6.03. The number of fused-ring (bicyclic) bond motifs is 1. The Bertz CT molecular complexity index is 837. The van der Waals surface area contributed by atoms with Gasteiger partial charge in [0.25, 0.3) is 0 Å². The Balaban J connectivity index is 1.51. The molecule has 28 heavy (non-hydrogen) atoms. The van der Waals surface area contributed by atoms with E-state index < -0.39 is 0 Å². The molecule has 0 aliphatic carbocycles. The minimum absolute atomic E-state index is 0.0925. The molecule has 2 heterocycles. The van der Waals surface area contributed by atoms with Gasteiger partial charge in [-0.2, -0.15) is 0 Å². The van der Waals surface area contributed by atoms with Crippen LogP contribution in [-0.4, -0.2) is 43.6 Å². The van der Waals surface area contributed by atoms with Crippen molar-refractivity contribution in [3.8, 4) is 17.2 Å². The molecule has 2 aliphatic heterocycles. The SMILES string of the molecule is COc1cc(CN2CCC[C@](CO)(Cc3ccccc3C)C2)cc2c1OCO2. The largest absolute Gasteiger partial charge is 0.493 e. The molecule has 0 radical (unpaired) electrons. The maximum atomic E-state index is 10.3. The van der Waals surface area contributed by atoms with Crippen LogP contribution < -0.4 is 14.2 Å². The molecule has 2 aromatic carbocycles. The standard InChI is InChI=1S/C23H29NO4/c1-17-6-3-4-7-19(17)12-23(15-25)8-5-9-24(14-23)13-18-10-20(26-2)22-21(11-18)27-16-28-22/h3-4,6-7,10-11,25H,5,8-9,12-16H2,1-2H3/t23-/m0/s1. The zero-order chi connectivity index (χ0) is 19.6. The van der Waals surface area contributed by atoms with Gasteiger partial charge in [0.2, 0.25) is 12.5 Å². The third-order valence-electron chi connectivity index (χ3n) is 6.03. The number of aliphatic hydroxyl groups is 1. The summed E-state index contributed by atoms with van der Waals surface area (Å²) in [5, 5.41) is 10.3. The lowest BCUT2D eigenvalue weighted by atomic mass is 9.75. The first kappa shape index (κ1) is 19.1. The second kappa shape index (κ2) is 8.02. The molecule has 4 rings (SSSR count). The van der Waals surface area contributed by atoms with Crippen LogP contribution in [0.5, 0.6) is 17.2 Å². The predicted octanol–water partition coefficient (Wildman–Crippen LogP) is 3.55. The van der Waals surface area contributed by atoms with Gasteiger partial charge in [-0.25, -0.2) is 0 Å². The summed E-state index contributed by atoms with van der Waals surface area (Å²) in [6.45, 7) is 5.33. The number of ether oxygens (including phenoxy) is 3. The van der Waals surface area contributed by atoms with E-state index in [1.54, 1.807) is 7.11 Å². The highest BCUT2D eigenvalue weighted by molar-refractivity contribution is 5.55. The Morgan fingerprint density at radius 1 is 1.21 bits per heavy atom. The normalized spacial score (nSPS) is 21.7. The molecule has 2 aromatic rings. The van der Waals surface area contributed by atoms with Crippen molar-refractivity contribution in [2.24, 2.45) is 5.41 Å². The molecule has 0 spiro atoms. The average molecular weight is 383 g/mol. The highest BCUT2D eigenvalue weighted by atomic mass is 16.7. The first-order valence-corrected chi connectivity index (χ1v) is 9.97. The van der Waals surface area contributed by atoms with Gasteiger partial charge in [-0.15, -0.1) is 0 Å². The molecule has 5 heteroatoms. The summed E-state index contributed by atoms with van der Waals surface area (Å²) in [5.74, 6) is 2.16. The van der Waals surface area contributed by atoms with Crippen molar-refractivity contribution in [2.75, 3.05) is 33.6 Å². The first-order chi connectivity index (χ1) is 13.6. The lowest BCUT2D eigenvalue weighted by Crippen LogP contribution is -2.46. The van der Waals surface area contributed by atoms with Crippen LogP contribution in [0, 0.1) is 12.3 Å². The molecule has 0 aromatic heterocycles. The summed E-state index contributed by atoms with van der Waals surface area (Å²) in [4.78, 5) is 2.44. The fraction of sp³-hybridized carbons (Fsp3) is 0.478. The predicted molar refractivity (Wildman–Crippen MR) is 108 cm³/mol. The van der Waals surface area contributed by atoms with Gasteiger partial charge in [-0.3, -0.25) is 4.90 Å². The van der Waals surface area contributed by atoms with Crippen molar-refractivity contribution >= 4 is 0 Å². The summed E-state index contributed by atoms with van der Waals surface area (Å²) in [6, 6.07) is 12.6. The molecule has 1 fully saturated rings. The number of likely N-dealkylation sites (tertiary alicyclic amines) is 1. The second-order valence-electron chi connectivity index (χ2n) is 8.11. The fourth-order valence-electron chi connectivity index (χ4n) is 4.52. The highest BCUT2D eigenvalue weighted by Crippen LogP contribution is 2.42. The number of methoxy groups -OCH3 is 1. The molecule has 0 bridgehead atoms. The summed E-state index contributed by atoms with van der Waals surface area (Å²) in [7, 11) is 1.65. The molecule has 1 atom stereocenters. The third kappa shape index (κ3) is 3.82. The van der Waals surface area contributed by atoms with E-state index in [-0.39, 0.29) is 18.8 Å². The maximum Gasteiger partial charge on any atom is 0.231 e. The summed E-state index contributed by atoms with van der Waals surface area (Å²) >= 11 is 0. The molecule has 1 N–H and O–H groups in total. The number of hydrogen-bond acceptors (Lipinski definition) is 5. The summed E-state index contributed by atoms with van der Waals surface area (Å²) in [5.41, 5.74) is 3.69. The van der Waals surface area contributed by atoms with Crippen LogP contribution in [0.1, 0.15) is 29.5 Å². The Hall–Kier alpha value is -2.24. The van der Waals surface area contributed by atoms with E-state index in [9.17, 15) is 5.11 Å². The van der Waals surface area contributed by atoms with Crippen LogP contribution in [0.4, 0.5) is 0 Å². The number of hydrogen-bond donors (Lipinski definition) is 1. The molecule has 0 unspecified atom stereocenters. The molecular formula is C23H29NO4. The van der Waals surface area contributed by atoms with E-state index >= 15 is 0 Å². The molecule has 0 amide bonds. The number of rotatable bonds is 6. The first-order valence-electron chi connectivity index (χ1n) is 9.97. The van der Waals surface area contributed by atoms with Crippen molar-refractivity contribution in [3.63, 3.8) is 0 Å². The minimum atomic E-state index is -0.0925. The van der Waals surface area contributed by atoms with E-state index in [0.29, 0.717) is 5.75 Å². The summed E-state index contributed by atoms with van der Waals surface area (Å²) in [6.07, 6.45) is 3.06. The molecule has 5 nitrogen and oxygen atoms in total. The zero-order valence-corrected chi connectivity index (χ0v) is 16.7. The van der Waals surface area contributed by atoms with Crippen molar-refractivity contribution in [3.05, 3.63) is 53.1 Å². The van der Waals surface area contributed by atoms with E-state index in [1.807, 2.05) is 12.1 Å². The van der Waals surface area contributed by atoms with Crippen molar-refractivity contribution in [1.29, 1.82) is 0 Å². The average Bonchev–Trinajstić information content (AvgIpc) is 3.18. The summed E-state index contributed by atoms with van der Waals surface area (Å²) < 4.78 is 16.5. The highest BCUT2D eigenvalue weighted by Gasteiger charge is 2.35. The Morgan fingerprint density at radius 3 is 2.86 bits per heavy atom. The van der Waals surface area contributed by atoms with E-state index in [4.69, 9.17) is 14.2 Å². The van der Waals surface area contributed by atoms with E-state index in [1.165, 1.54) is 11.1 Å². The number of piperidine rings is 1. The lowest BCUT2D eigenvalue weighted by molar-refractivity contribution is 0.0287. The molecule has 2 aliphatic rings. The number of aryl methyl sites for hydroxylation is 1. The monoisotopic (exact) mass is 383 g/mol. The van der Waals surface area contributed by atoms with Gasteiger partial charge < -0.3 is 19.3 Å². The Morgan fingerprint density at radius 2 is 2.07 bits per heavy atom. The van der Waals surface area contributed by atoms with Gasteiger partial charge in [-0.1, -0.05) is 24.3 Å². The van der Waals surface area contributed by atoms with Crippen LogP contribution in [0.2, 0.25) is 0 Å². The Kier molecular flexibility index (Phi) is 5.47. The molecular weight excluding hydrogens is 354 g/mol. The Labute approximate surface area is 166 Å². The maximum absolute atomic E-state index is 10.3. The van der Waals surface area contributed by atoms with Gasteiger partial charge in [0.1, 0.15) is 0 Å². The van der Waals surface area contributed by atoms with Gasteiger partial charge in [0, 0.05) is 18.5 Å². The lowest BCUT2D eigenvalue weighted by Gasteiger charge is -2.42. The van der Waals surface area contributed by atoms with Crippen molar-refractivity contribution in [2.45, 2.75) is 32.7 Å². The van der Waals surface area contributed by atoms with Gasteiger partial charge in [-0.05, 0) is 61.6 Å². The van der Waals surface area contributed by atoms with Gasteiger partial charge >= 0.3 is 0 Å². The van der Waals surface area contributed by atoms with Crippen LogP contribution >= 0.6 is 0 Å². The van der Waals surface area contributed by atoms with Crippen LogP contribution in [-0.2, 0) is 13.0 Å². The van der Waals surface area contributed by atoms with E-state index in [2.05, 4.69) is 36.1 Å². The quantitative estimate of drug-likeness (QED) is 0.827. The van der Waals surface area contributed by atoms with Crippen molar-refractivity contribution in [1.82, 2.24) is 4.90 Å². The van der Waals surface area contributed by atoms with Crippen LogP contribution in [0.3, 0.4) is 0 Å². The number of aliphatic hydroxyl groups excluding tert-OH is 1. The van der Waals surface area contributed by atoms with Gasteiger partial charge in [0.05, 0.1) is 13.7 Å². The molecule has 150 valence electrons. The number of nitrogens with zero attached hydrogens (tertiary/aromatic N) is 1. The topological polar surface area (TPSA) is 51.2 Å². The van der Waals surface area contributed by atoms with Gasteiger partial charge in [0.15, 0.2) is 11.5 Å². The fourth-order valence-corrected chi connectivity index (χ4v) is 4.52.